The second-order valence-electron chi connectivity index (χ2n) is 8.63. The van der Waals surface area contributed by atoms with E-state index in [4.69, 9.17) is 5.73 Å². The third-order valence-electron chi connectivity index (χ3n) is 5.39. The molecule has 0 heterocycles. The van der Waals surface area contributed by atoms with Crippen molar-refractivity contribution in [3.8, 4) is 0 Å². The smallest absolute Gasteiger partial charge is 0.323 e. The van der Waals surface area contributed by atoms with Crippen LogP contribution < -0.4 is 16.4 Å². The highest BCUT2D eigenvalue weighted by molar-refractivity contribution is 7.99. The van der Waals surface area contributed by atoms with Crippen molar-refractivity contribution in [3.63, 3.8) is 0 Å². The number of anilines is 2. The highest BCUT2D eigenvalue weighted by Gasteiger charge is 2.17. The number of para-hydroxylation sites is 1. The minimum atomic E-state index is -0.742. The largest absolute Gasteiger partial charge is 0.366 e. The lowest BCUT2D eigenvalue weighted by molar-refractivity contribution is -0.384. The van der Waals surface area contributed by atoms with Crippen LogP contribution in [-0.4, -0.2) is 16.9 Å². The summed E-state index contributed by atoms with van der Waals surface area (Å²) in [6.07, 6.45) is 0. The van der Waals surface area contributed by atoms with E-state index in [9.17, 15) is 19.7 Å². The molecule has 182 valence electrons. The summed E-state index contributed by atoms with van der Waals surface area (Å²) in [6.45, 7) is 8.36. The summed E-state index contributed by atoms with van der Waals surface area (Å²) in [6, 6.07) is 16.8. The number of rotatable bonds is 8. The Morgan fingerprint density at radius 1 is 0.914 bits per heavy atom. The SMILES string of the molecule is CC(C)c1cccc(C(C)C)c1NC(=O)Nc1ccc(Sc2ccc([N+](=O)[O-])cc2C(N)=O)cc1. The molecule has 0 bridgehead atoms. The van der Waals surface area contributed by atoms with E-state index >= 15 is 0 Å². The van der Waals surface area contributed by atoms with Crippen molar-refractivity contribution in [2.75, 3.05) is 10.6 Å². The Hall–Kier alpha value is -3.85. The fourth-order valence-electron chi connectivity index (χ4n) is 3.62. The fraction of sp³-hybridized carbons (Fsp3) is 0.231. The van der Waals surface area contributed by atoms with E-state index in [0.29, 0.717) is 10.6 Å². The van der Waals surface area contributed by atoms with Crippen molar-refractivity contribution in [2.24, 2.45) is 5.73 Å². The Balaban J connectivity index is 1.74. The molecule has 3 aromatic carbocycles. The molecular formula is C26H28N4O4S. The normalized spacial score (nSPS) is 10.9. The summed E-state index contributed by atoms with van der Waals surface area (Å²) in [4.78, 5) is 36.3. The number of benzene rings is 3. The second-order valence-corrected chi connectivity index (χ2v) is 9.74. The van der Waals surface area contributed by atoms with E-state index in [0.717, 1.165) is 21.7 Å². The number of nitrogens with one attached hydrogen (secondary N) is 2. The van der Waals surface area contributed by atoms with E-state index in [1.165, 1.54) is 30.0 Å². The van der Waals surface area contributed by atoms with E-state index < -0.39 is 10.8 Å². The molecule has 0 atom stereocenters. The summed E-state index contributed by atoms with van der Waals surface area (Å²) in [7, 11) is 0. The molecule has 0 unspecified atom stereocenters. The van der Waals surface area contributed by atoms with Crippen LogP contribution in [0.1, 0.15) is 61.0 Å². The molecule has 0 saturated heterocycles. The maximum Gasteiger partial charge on any atom is 0.323 e. The second kappa shape index (κ2) is 11.1. The number of hydrogen-bond acceptors (Lipinski definition) is 5. The van der Waals surface area contributed by atoms with Crippen LogP contribution in [0.4, 0.5) is 21.9 Å². The third kappa shape index (κ3) is 6.39. The quantitative estimate of drug-likeness (QED) is 0.237. The van der Waals surface area contributed by atoms with Gasteiger partial charge in [0.1, 0.15) is 0 Å². The highest BCUT2D eigenvalue weighted by Crippen LogP contribution is 2.34. The van der Waals surface area contributed by atoms with E-state index in [1.807, 2.05) is 18.2 Å². The van der Waals surface area contributed by atoms with Gasteiger partial charge < -0.3 is 16.4 Å². The lowest BCUT2D eigenvalue weighted by atomic mass is 9.93. The molecule has 0 saturated carbocycles. The van der Waals surface area contributed by atoms with E-state index in [1.54, 1.807) is 24.3 Å². The van der Waals surface area contributed by atoms with Gasteiger partial charge in [0, 0.05) is 33.3 Å². The van der Waals surface area contributed by atoms with Crippen LogP contribution in [0, 0.1) is 10.1 Å². The molecule has 35 heavy (non-hydrogen) atoms. The van der Waals surface area contributed by atoms with Crippen molar-refractivity contribution in [3.05, 3.63) is 87.5 Å². The predicted octanol–water partition coefficient (Wildman–Crippen LogP) is 6.74. The summed E-state index contributed by atoms with van der Waals surface area (Å²) >= 11 is 1.25. The van der Waals surface area contributed by atoms with Crippen molar-refractivity contribution < 1.29 is 14.5 Å². The minimum Gasteiger partial charge on any atom is -0.366 e. The fourth-order valence-corrected chi connectivity index (χ4v) is 4.55. The molecule has 0 aliphatic rings. The number of urea groups is 1. The van der Waals surface area contributed by atoms with Crippen LogP contribution >= 0.6 is 11.8 Å². The van der Waals surface area contributed by atoms with Crippen LogP contribution in [0.15, 0.2) is 70.5 Å². The monoisotopic (exact) mass is 492 g/mol. The van der Waals surface area contributed by atoms with Crippen molar-refractivity contribution in [2.45, 2.75) is 49.3 Å². The third-order valence-corrected chi connectivity index (χ3v) is 6.47. The summed E-state index contributed by atoms with van der Waals surface area (Å²) in [5, 5.41) is 16.9. The van der Waals surface area contributed by atoms with Gasteiger partial charge in [-0.05, 0) is 53.3 Å². The molecule has 0 radical (unpaired) electrons. The topological polar surface area (TPSA) is 127 Å². The van der Waals surface area contributed by atoms with Gasteiger partial charge >= 0.3 is 6.03 Å². The van der Waals surface area contributed by atoms with Gasteiger partial charge in [-0.25, -0.2) is 4.79 Å². The average Bonchev–Trinajstić information content (AvgIpc) is 2.80. The number of amides is 3. The first-order valence-electron chi connectivity index (χ1n) is 11.1. The van der Waals surface area contributed by atoms with E-state index in [-0.39, 0.29) is 29.1 Å². The number of nitrogens with zero attached hydrogens (tertiary/aromatic N) is 1. The number of nitro benzene ring substituents is 1. The van der Waals surface area contributed by atoms with Gasteiger partial charge in [0.15, 0.2) is 0 Å². The highest BCUT2D eigenvalue weighted by atomic mass is 32.2. The summed E-state index contributed by atoms with van der Waals surface area (Å²) in [5.74, 6) is -0.233. The van der Waals surface area contributed by atoms with Gasteiger partial charge in [0.05, 0.1) is 10.5 Å². The van der Waals surface area contributed by atoms with Crippen molar-refractivity contribution in [1.29, 1.82) is 0 Å². The average molecular weight is 493 g/mol. The standard InChI is InChI=1S/C26H28N4O4S/c1-15(2)20-6-5-7-21(16(3)4)24(20)29-26(32)28-17-8-11-19(12-9-17)35-23-13-10-18(30(33)34)14-22(23)25(27)31/h5-16H,1-4H3,(H2,27,31)(H2,28,29,32). The van der Waals surface area contributed by atoms with Crippen LogP contribution in [0.25, 0.3) is 0 Å². The first-order chi connectivity index (χ1) is 16.6. The van der Waals surface area contributed by atoms with Gasteiger partial charge in [0.2, 0.25) is 5.91 Å². The Morgan fingerprint density at radius 2 is 1.51 bits per heavy atom. The zero-order chi connectivity index (χ0) is 25.7. The Bertz CT molecular complexity index is 1230. The van der Waals surface area contributed by atoms with Crippen LogP contribution in [0.2, 0.25) is 0 Å². The van der Waals surface area contributed by atoms with Gasteiger partial charge in [-0.3, -0.25) is 14.9 Å². The minimum absolute atomic E-state index is 0.0792. The number of carbonyl (C=O) groups excluding carboxylic acids is 2. The van der Waals surface area contributed by atoms with Crippen LogP contribution in [-0.2, 0) is 0 Å². The molecule has 0 aliphatic carbocycles. The molecule has 9 heteroatoms. The van der Waals surface area contributed by atoms with Crippen molar-refractivity contribution >= 4 is 40.8 Å². The van der Waals surface area contributed by atoms with E-state index in [2.05, 4.69) is 38.3 Å². The number of primary amides is 1. The molecule has 3 rings (SSSR count). The van der Waals surface area contributed by atoms with Gasteiger partial charge in [-0.1, -0.05) is 57.7 Å². The molecule has 0 fully saturated rings. The van der Waals surface area contributed by atoms with Gasteiger partial charge in [-0.2, -0.15) is 0 Å². The summed E-state index contributed by atoms with van der Waals surface area (Å²) < 4.78 is 0. The zero-order valence-corrected chi connectivity index (χ0v) is 20.8. The molecule has 4 N–H and O–H groups in total. The number of hydrogen-bond donors (Lipinski definition) is 3. The molecule has 0 aromatic heterocycles. The first kappa shape index (κ1) is 25.8. The Labute approximate surface area is 208 Å². The van der Waals surface area contributed by atoms with Gasteiger partial charge in [-0.15, -0.1) is 0 Å². The Morgan fingerprint density at radius 3 is 2.03 bits per heavy atom. The first-order valence-corrected chi connectivity index (χ1v) is 12.0. The Kier molecular flexibility index (Phi) is 8.14. The summed E-state index contributed by atoms with van der Waals surface area (Å²) in [5.41, 5.74) is 8.87. The molecule has 0 spiro atoms. The number of non-ortho nitro benzene ring substituents is 1. The van der Waals surface area contributed by atoms with Crippen LogP contribution in [0.3, 0.4) is 0 Å². The number of nitrogens with two attached hydrogens (primary N) is 1. The maximum atomic E-state index is 12.8. The lowest BCUT2D eigenvalue weighted by Crippen LogP contribution is -2.21. The molecular weight excluding hydrogens is 464 g/mol. The van der Waals surface area contributed by atoms with Crippen LogP contribution in [0.5, 0.6) is 0 Å². The molecule has 8 nitrogen and oxygen atoms in total. The maximum absolute atomic E-state index is 12.8. The number of carbonyl (C=O) groups is 2. The molecule has 3 aromatic rings. The predicted molar refractivity (Wildman–Crippen MR) is 139 cm³/mol. The van der Waals surface area contributed by atoms with Crippen molar-refractivity contribution in [1.82, 2.24) is 0 Å². The zero-order valence-electron chi connectivity index (χ0n) is 20.0. The molecule has 3 amide bonds. The van der Waals surface area contributed by atoms with Gasteiger partial charge in [0.25, 0.3) is 5.69 Å². The number of nitro groups is 1. The lowest BCUT2D eigenvalue weighted by Gasteiger charge is -2.20. The molecule has 0 aliphatic heterocycles.